The third kappa shape index (κ3) is 2.94. The molecule has 1 aliphatic rings. The summed E-state index contributed by atoms with van der Waals surface area (Å²) >= 11 is 0. The van der Waals surface area contributed by atoms with Crippen molar-refractivity contribution in [1.29, 1.82) is 0 Å². The average molecular weight is 169 g/mol. The van der Waals surface area contributed by atoms with E-state index in [1.807, 2.05) is 0 Å². The Kier molecular flexibility index (Phi) is 2.89. The molecule has 0 radical (unpaired) electrons. The van der Waals surface area contributed by atoms with Crippen LogP contribution >= 0.6 is 0 Å². The molecule has 0 unspecified atom stereocenters. The average Bonchev–Trinajstić information content (AvgIpc) is 2.32. The summed E-state index contributed by atoms with van der Waals surface area (Å²) in [5.41, 5.74) is 0.140. The van der Waals surface area contributed by atoms with Gasteiger partial charge in [-0.05, 0) is 24.8 Å². The van der Waals surface area contributed by atoms with Gasteiger partial charge >= 0.3 is 0 Å². The van der Waals surface area contributed by atoms with E-state index in [1.54, 1.807) is 0 Å². The summed E-state index contributed by atoms with van der Waals surface area (Å²) in [6, 6.07) is 0.157. The highest BCUT2D eigenvalue weighted by Crippen LogP contribution is 2.21. The number of ketones is 1. The maximum atomic E-state index is 11.6. The van der Waals surface area contributed by atoms with Crippen LogP contribution in [0.4, 0.5) is 0 Å². The van der Waals surface area contributed by atoms with E-state index in [1.165, 1.54) is 0 Å². The van der Waals surface area contributed by atoms with Gasteiger partial charge in [0.2, 0.25) is 0 Å². The first kappa shape index (κ1) is 9.72. The molecule has 2 heteroatoms. The minimum atomic E-state index is 0.140. The molecule has 12 heavy (non-hydrogen) atoms. The van der Waals surface area contributed by atoms with Crippen molar-refractivity contribution in [3.8, 4) is 0 Å². The van der Waals surface area contributed by atoms with Gasteiger partial charge in [0.25, 0.3) is 0 Å². The Morgan fingerprint density at radius 2 is 2.17 bits per heavy atom. The maximum Gasteiger partial charge on any atom is 0.150 e. The topological polar surface area (TPSA) is 29.1 Å². The van der Waals surface area contributed by atoms with Crippen LogP contribution in [0.15, 0.2) is 0 Å². The predicted molar refractivity (Wildman–Crippen MR) is 50.1 cm³/mol. The Labute approximate surface area is 74.7 Å². The quantitative estimate of drug-likeness (QED) is 0.682. The van der Waals surface area contributed by atoms with Crippen molar-refractivity contribution in [2.45, 2.75) is 46.1 Å². The van der Waals surface area contributed by atoms with Crippen molar-refractivity contribution in [2.75, 3.05) is 6.54 Å². The highest BCUT2D eigenvalue weighted by molar-refractivity contribution is 5.84. The smallest absolute Gasteiger partial charge is 0.150 e. The zero-order chi connectivity index (χ0) is 9.19. The van der Waals surface area contributed by atoms with Gasteiger partial charge in [0.1, 0.15) is 5.78 Å². The summed E-state index contributed by atoms with van der Waals surface area (Å²) < 4.78 is 0. The monoisotopic (exact) mass is 169 g/mol. The molecule has 1 rings (SSSR count). The van der Waals surface area contributed by atoms with Crippen LogP contribution in [-0.2, 0) is 4.79 Å². The van der Waals surface area contributed by atoms with E-state index in [-0.39, 0.29) is 11.5 Å². The van der Waals surface area contributed by atoms with E-state index in [9.17, 15) is 4.79 Å². The SMILES string of the molecule is CC(C)(C)CC(=O)[C@H]1CCCN1. The third-order valence-electron chi connectivity index (χ3n) is 2.15. The van der Waals surface area contributed by atoms with Crippen molar-refractivity contribution in [3.63, 3.8) is 0 Å². The van der Waals surface area contributed by atoms with Crippen LogP contribution < -0.4 is 5.32 Å². The molecular formula is C10H19NO. The van der Waals surface area contributed by atoms with Gasteiger partial charge in [-0.3, -0.25) is 4.79 Å². The molecule has 0 amide bonds. The maximum absolute atomic E-state index is 11.6. The lowest BCUT2D eigenvalue weighted by atomic mass is 9.87. The van der Waals surface area contributed by atoms with Crippen molar-refractivity contribution in [1.82, 2.24) is 5.32 Å². The van der Waals surface area contributed by atoms with E-state index >= 15 is 0 Å². The fourth-order valence-corrected chi connectivity index (χ4v) is 1.61. The van der Waals surface area contributed by atoms with E-state index in [0.717, 1.165) is 19.4 Å². The number of rotatable bonds is 2. The highest BCUT2D eigenvalue weighted by atomic mass is 16.1. The van der Waals surface area contributed by atoms with Gasteiger partial charge in [0.05, 0.1) is 6.04 Å². The molecule has 0 spiro atoms. The summed E-state index contributed by atoms with van der Waals surface area (Å²) in [4.78, 5) is 11.6. The molecule has 1 N–H and O–H groups in total. The molecule has 1 saturated heterocycles. The molecule has 1 atom stereocenters. The largest absolute Gasteiger partial charge is 0.307 e. The van der Waals surface area contributed by atoms with Crippen LogP contribution in [0.5, 0.6) is 0 Å². The molecule has 1 aliphatic heterocycles. The number of Topliss-reactive ketones (excluding diaryl/α,β-unsaturated/α-hetero) is 1. The number of carbonyl (C=O) groups is 1. The number of carbonyl (C=O) groups excluding carboxylic acids is 1. The lowest BCUT2D eigenvalue weighted by Gasteiger charge is -2.19. The molecule has 0 aromatic carbocycles. The number of hydrogen-bond acceptors (Lipinski definition) is 2. The van der Waals surface area contributed by atoms with Gasteiger partial charge in [-0.2, -0.15) is 0 Å². The second kappa shape index (κ2) is 3.56. The molecule has 0 aromatic heterocycles. The van der Waals surface area contributed by atoms with Crippen molar-refractivity contribution in [3.05, 3.63) is 0 Å². The predicted octanol–water partition coefficient (Wildman–Crippen LogP) is 1.74. The summed E-state index contributed by atoms with van der Waals surface area (Å²) in [6.45, 7) is 7.35. The van der Waals surface area contributed by atoms with Crippen LogP contribution in [0.2, 0.25) is 0 Å². The summed E-state index contributed by atoms with van der Waals surface area (Å²) in [5.74, 6) is 0.389. The highest BCUT2D eigenvalue weighted by Gasteiger charge is 2.25. The molecule has 1 heterocycles. The molecule has 0 bridgehead atoms. The van der Waals surface area contributed by atoms with Gasteiger partial charge in [0, 0.05) is 6.42 Å². The first-order chi connectivity index (χ1) is 5.49. The summed E-state index contributed by atoms with van der Waals surface area (Å²) in [7, 11) is 0. The Morgan fingerprint density at radius 1 is 1.50 bits per heavy atom. The first-order valence-electron chi connectivity index (χ1n) is 4.75. The second-order valence-corrected chi connectivity index (χ2v) is 4.85. The molecule has 0 saturated carbocycles. The standard InChI is InChI=1S/C10H19NO/c1-10(2,3)7-9(12)8-5-4-6-11-8/h8,11H,4-7H2,1-3H3/t8-/m1/s1. The third-order valence-corrected chi connectivity index (χ3v) is 2.15. The molecule has 1 fully saturated rings. The Bertz CT molecular complexity index is 163. The van der Waals surface area contributed by atoms with Crippen LogP contribution in [0.1, 0.15) is 40.0 Å². The van der Waals surface area contributed by atoms with E-state index in [2.05, 4.69) is 26.1 Å². The molecule has 2 nitrogen and oxygen atoms in total. The number of nitrogens with one attached hydrogen (secondary N) is 1. The van der Waals surface area contributed by atoms with Crippen molar-refractivity contribution < 1.29 is 4.79 Å². The van der Waals surface area contributed by atoms with Crippen LogP contribution in [0.3, 0.4) is 0 Å². The Hall–Kier alpha value is -0.370. The fraction of sp³-hybridized carbons (Fsp3) is 0.900. The van der Waals surface area contributed by atoms with Crippen LogP contribution in [-0.4, -0.2) is 18.4 Å². The molecule has 0 aliphatic carbocycles. The van der Waals surface area contributed by atoms with E-state index in [4.69, 9.17) is 0 Å². The van der Waals surface area contributed by atoms with Crippen molar-refractivity contribution >= 4 is 5.78 Å². The Morgan fingerprint density at radius 3 is 2.58 bits per heavy atom. The van der Waals surface area contributed by atoms with Gasteiger partial charge in [0.15, 0.2) is 0 Å². The Balaban J connectivity index is 2.37. The second-order valence-electron chi connectivity index (χ2n) is 4.85. The van der Waals surface area contributed by atoms with Crippen molar-refractivity contribution in [2.24, 2.45) is 5.41 Å². The van der Waals surface area contributed by atoms with Gasteiger partial charge < -0.3 is 5.32 Å². The molecule has 70 valence electrons. The zero-order valence-electron chi connectivity index (χ0n) is 8.31. The van der Waals surface area contributed by atoms with E-state index in [0.29, 0.717) is 12.2 Å². The van der Waals surface area contributed by atoms with Gasteiger partial charge in [-0.25, -0.2) is 0 Å². The normalized spacial score (nSPS) is 24.4. The lowest BCUT2D eigenvalue weighted by molar-refractivity contribution is -0.122. The number of hydrogen-bond donors (Lipinski definition) is 1. The van der Waals surface area contributed by atoms with E-state index < -0.39 is 0 Å². The summed E-state index contributed by atoms with van der Waals surface area (Å²) in [6.07, 6.45) is 2.89. The first-order valence-corrected chi connectivity index (χ1v) is 4.75. The van der Waals surface area contributed by atoms with Gasteiger partial charge in [-0.1, -0.05) is 20.8 Å². The van der Waals surface area contributed by atoms with Crippen LogP contribution in [0, 0.1) is 5.41 Å². The van der Waals surface area contributed by atoms with Gasteiger partial charge in [-0.15, -0.1) is 0 Å². The summed E-state index contributed by atoms with van der Waals surface area (Å²) in [5, 5.41) is 3.23. The zero-order valence-corrected chi connectivity index (χ0v) is 8.31. The molecular weight excluding hydrogens is 150 g/mol. The fourth-order valence-electron chi connectivity index (χ4n) is 1.61. The van der Waals surface area contributed by atoms with Crippen LogP contribution in [0.25, 0.3) is 0 Å². The minimum absolute atomic E-state index is 0.140. The molecule has 0 aromatic rings. The lowest BCUT2D eigenvalue weighted by Crippen LogP contribution is -2.33. The minimum Gasteiger partial charge on any atom is -0.307 e.